The van der Waals surface area contributed by atoms with Crippen LogP contribution in [0.4, 0.5) is 29.2 Å². The molecule has 0 saturated carbocycles. The summed E-state index contributed by atoms with van der Waals surface area (Å²) in [5.41, 5.74) is 0.225. The highest BCUT2D eigenvalue weighted by Gasteiger charge is 2.45. The van der Waals surface area contributed by atoms with Crippen molar-refractivity contribution in [3.05, 3.63) is 40.7 Å². The number of carbonyl (C=O) groups is 1. The first kappa shape index (κ1) is 23.1. The average molecular weight is 486 g/mol. The predicted molar refractivity (Wildman–Crippen MR) is 113 cm³/mol. The molecule has 4 heterocycles. The molecule has 2 aliphatic heterocycles. The van der Waals surface area contributed by atoms with Gasteiger partial charge < -0.3 is 15.1 Å². The molecule has 0 aromatic carbocycles. The van der Waals surface area contributed by atoms with Crippen LogP contribution in [0, 0.1) is 5.82 Å². The molecule has 0 radical (unpaired) electrons. The minimum absolute atomic E-state index is 0.0618. The highest BCUT2D eigenvalue weighted by molar-refractivity contribution is 6.33. The molecule has 0 bridgehead atoms. The van der Waals surface area contributed by atoms with E-state index in [1.807, 2.05) is 0 Å². The number of nitrogens with one attached hydrogen (secondary N) is 1. The molecule has 1 unspecified atom stereocenters. The maximum atomic E-state index is 14.4. The molecule has 2 aromatic heterocycles. The number of anilines is 2. The van der Waals surface area contributed by atoms with Crippen molar-refractivity contribution in [2.45, 2.75) is 31.5 Å². The summed E-state index contributed by atoms with van der Waals surface area (Å²) >= 11 is 6.27. The maximum Gasteiger partial charge on any atom is 0.449 e. The number of likely N-dealkylation sites (tertiary alicyclic amines) is 1. The molecule has 0 aliphatic carbocycles. The van der Waals surface area contributed by atoms with E-state index in [9.17, 15) is 22.4 Å². The average Bonchev–Trinajstić information content (AvgIpc) is 3.17. The third kappa shape index (κ3) is 4.85. The first-order valence-electron chi connectivity index (χ1n) is 10.2. The van der Waals surface area contributed by atoms with Crippen LogP contribution in [0.3, 0.4) is 0 Å². The number of halogens is 5. The van der Waals surface area contributed by atoms with Crippen LogP contribution in [0.5, 0.6) is 0 Å². The van der Waals surface area contributed by atoms with Gasteiger partial charge in [-0.1, -0.05) is 11.6 Å². The molecule has 176 valence electrons. The molecule has 8 nitrogen and oxygen atoms in total. The van der Waals surface area contributed by atoms with Gasteiger partial charge >= 0.3 is 6.18 Å². The highest BCUT2D eigenvalue weighted by atomic mass is 35.5. The summed E-state index contributed by atoms with van der Waals surface area (Å²) in [6.45, 7) is 1.01. The fraction of sp³-hybridized carbons (Fsp3) is 0.450. The van der Waals surface area contributed by atoms with E-state index in [0.29, 0.717) is 18.8 Å². The normalized spacial score (nSPS) is 19.0. The van der Waals surface area contributed by atoms with Crippen molar-refractivity contribution in [1.29, 1.82) is 0 Å². The lowest BCUT2D eigenvalue weighted by Crippen LogP contribution is -2.37. The van der Waals surface area contributed by atoms with Gasteiger partial charge in [-0.25, -0.2) is 19.3 Å². The van der Waals surface area contributed by atoms with Crippen molar-refractivity contribution in [2.75, 3.05) is 32.0 Å². The number of aromatic nitrogens is 3. The van der Waals surface area contributed by atoms with E-state index in [1.165, 1.54) is 19.3 Å². The molecule has 1 N–H and O–H groups in total. The van der Waals surface area contributed by atoms with E-state index in [1.54, 1.807) is 4.90 Å². The Morgan fingerprint density at radius 3 is 2.55 bits per heavy atom. The summed E-state index contributed by atoms with van der Waals surface area (Å²) in [7, 11) is 1.18. The number of pyridine rings is 1. The smallest absolute Gasteiger partial charge is 0.345 e. The van der Waals surface area contributed by atoms with Crippen LogP contribution in [0.1, 0.15) is 41.5 Å². The molecule has 1 fully saturated rings. The monoisotopic (exact) mass is 485 g/mol. The zero-order chi connectivity index (χ0) is 23.8. The van der Waals surface area contributed by atoms with Crippen LogP contribution in [-0.2, 0) is 0 Å². The molecule has 2 aromatic rings. The molecule has 4 rings (SSSR count). The summed E-state index contributed by atoms with van der Waals surface area (Å²) < 4.78 is 53.5. The van der Waals surface area contributed by atoms with Gasteiger partial charge in [-0.3, -0.25) is 9.79 Å². The van der Waals surface area contributed by atoms with Crippen LogP contribution in [0.25, 0.3) is 0 Å². The number of piperidine rings is 1. The van der Waals surface area contributed by atoms with Crippen LogP contribution < -0.4 is 5.32 Å². The van der Waals surface area contributed by atoms with Crippen molar-refractivity contribution < 1.29 is 22.4 Å². The maximum absolute atomic E-state index is 14.4. The summed E-state index contributed by atoms with van der Waals surface area (Å²) in [5, 5.41) is 2.92. The number of carbonyl (C=O) groups excluding carboxylic acids is 1. The predicted octanol–water partition coefficient (Wildman–Crippen LogP) is 3.98. The number of nitrogens with zero attached hydrogens (tertiary/aromatic N) is 6. The number of hydrogen-bond donors (Lipinski definition) is 1. The number of amides is 1. The minimum Gasteiger partial charge on any atom is -0.345 e. The van der Waals surface area contributed by atoms with Crippen molar-refractivity contribution in [1.82, 2.24) is 24.8 Å². The Morgan fingerprint density at radius 2 is 1.91 bits per heavy atom. The van der Waals surface area contributed by atoms with E-state index in [4.69, 9.17) is 11.6 Å². The van der Waals surface area contributed by atoms with Gasteiger partial charge in [0.05, 0.1) is 35.7 Å². The second kappa shape index (κ2) is 9.08. The van der Waals surface area contributed by atoms with Gasteiger partial charge in [-0.15, -0.1) is 0 Å². The van der Waals surface area contributed by atoms with E-state index in [2.05, 4.69) is 25.3 Å². The highest BCUT2D eigenvalue weighted by Crippen LogP contribution is 2.32. The topological polar surface area (TPSA) is 86.6 Å². The van der Waals surface area contributed by atoms with Crippen LogP contribution in [0.2, 0.25) is 5.02 Å². The van der Waals surface area contributed by atoms with E-state index >= 15 is 0 Å². The largest absolute Gasteiger partial charge is 0.449 e. The number of likely N-dealkylation sites (N-methyl/N-ethyl adjacent to an activating group) is 1. The zero-order valence-electron chi connectivity index (χ0n) is 17.5. The van der Waals surface area contributed by atoms with Gasteiger partial charge in [0, 0.05) is 20.1 Å². The molecule has 13 heteroatoms. The number of rotatable bonds is 4. The Labute approximate surface area is 191 Å². The Hall–Kier alpha value is -3.02. The SMILES string of the molecule is CN1C(C(F)(F)F)=NCC1c1nc(Nc2cnc(C(=O)N3CCCCC3)c(Cl)c2)ncc1F. The second-order valence-electron chi connectivity index (χ2n) is 7.75. The lowest BCUT2D eigenvalue weighted by Gasteiger charge is -2.26. The van der Waals surface area contributed by atoms with Crippen molar-refractivity contribution in [3.8, 4) is 0 Å². The lowest BCUT2D eigenvalue weighted by atomic mass is 10.1. The van der Waals surface area contributed by atoms with Gasteiger partial charge in [0.1, 0.15) is 11.4 Å². The Kier molecular flexibility index (Phi) is 6.37. The lowest BCUT2D eigenvalue weighted by molar-refractivity contribution is -0.0675. The van der Waals surface area contributed by atoms with Crippen molar-refractivity contribution in [3.63, 3.8) is 0 Å². The molecular formula is C20H20ClF4N7O. The standard InChI is InChI=1S/C20H20ClF4N7O/c1-31-14(10-27-18(31)20(23,24)25)16-13(22)9-28-19(30-16)29-11-7-12(21)15(26-8-11)17(33)32-5-3-2-4-6-32/h7-9,14H,2-6,10H2,1H3,(H,28,29,30). The second-order valence-corrected chi connectivity index (χ2v) is 8.16. The van der Waals surface area contributed by atoms with Gasteiger partial charge in [-0.2, -0.15) is 13.2 Å². The van der Waals surface area contributed by atoms with Gasteiger partial charge in [0.2, 0.25) is 11.8 Å². The van der Waals surface area contributed by atoms with Crippen LogP contribution in [0.15, 0.2) is 23.5 Å². The van der Waals surface area contributed by atoms with Crippen LogP contribution >= 0.6 is 11.6 Å². The van der Waals surface area contributed by atoms with Gasteiger partial charge in [0.25, 0.3) is 5.91 Å². The number of aliphatic imine (C=N–C) groups is 1. The summed E-state index contributed by atoms with van der Waals surface area (Å²) in [5.74, 6) is -2.26. The van der Waals surface area contributed by atoms with Crippen molar-refractivity contribution >= 4 is 35.0 Å². The van der Waals surface area contributed by atoms with E-state index in [0.717, 1.165) is 30.4 Å². The van der Waals surface area contributed by atoms with Crippen molar-refractivity contribution in [2.24, 2.45) is 4.99 Å². The first-order chi connectivity index (χ1) is 15.6. The Balaban J connectivity index is 1.51. The Bertz CT molecular complexity index is 1090. The molecule has 1 atom stereocenters. The molecular weight excluding hydrogens is 466 g/mol. The number of hydrogen-bond acceptors (Lipinski definition) is 7. The quantitative estimate of drug-likeness (QED) is 0.659. The molecule has 0 spiro atoms. The number of alkyl halides is 3. The molecule has 1 saturated heterocycles. The third-order valence-corrected chi connectivity index (χ3v) is 5.79. The third-order valence-electron chi connectivity index (χ3n) is 5.50. The summed E-state index contributed by atoms with van der Waals surface area (Å²) in [4.78, 5) is 30.7. The summed E-state index contributed by atoms with van der Waals surface area (Å²) in [6, 6.07) is 0.432. The van der Waals surface area contributed by atoms with E-state index in [-0.39, 0.29) is 34.8 Å². The zero-order valence-corrected chi connectivity index (χ0v) is 18.3. The fourth-order valence-corrected chi connectivity index (χ4v) is 4.07. The van der Waals surface area contributed by atoms with E-state index < -0.39 is 23.9 Å². The van der Waals surface area contributed by atoms with Gasteiger partial charge in [-0.05, 0) is 25.3 Å². The summed E-state index contributed by atoms with van der Waals surface area (Å²) in [6.07, 6.45) is 0.519. The van der Waals surface area contributed by atoms with Crippen LogP contribution in [-0.4, -0.2) is 69.4 Å². The first-order valence-corrected chi connectivity index (χ1v) is 10.6. The number of amidine groups is 1. The Morgan fingerprint density at radius 1 is 1.18 bits per heavy atom. The molecule has 33 heavy (non-hydrogen) atoms. The minimum atomic E-state index is -4.65. The van der Waals surface area contributed by atoms with Gasteiger partial charge in [0.15, 0.2) is 5.82 Å². The molecule has 2 aliphatic rings. The molecule has 1 amide bonds. The fourth-order valence-electron chi connectivity index (χ4n) is 3.83.